The van der Waals surface area contributed by atoms with E-state index >= 15 is 0 Å². The highest BCUT2D eigenvalue weighted by molar-refractivity contribution is 7.80. The summed E-state index contributed by atoms with van der Waals surface area (Å²) in [6.45, 7) is 10.1. The minimum atomic E-state index is -2.38. The molecule has 0 radical (unpaired) electrons. The number of nitrogens with zero attached hydrogens (tertiary/aromatic N) is 1. The average molecular weight is 1080 g/mol. The summed E-state index contributed by atoms with van der Waals surface area (Å²) >= 11 is 5.52. The third-order valence-electron chi connectivity index (χ3n) is 14.4. The van der Waals surface area contributed by atoms with E-state index in [4.69, 9.17) is 31.2 Å². The Balaban J connectivity index is 1.54. The number of likely N-dealkylation sites (tertiary alicyclic amines) is 1. The molecule has 0 aromatic heterocycles. The van der Waals surface area contributed by atoms with Crippen LogP contribution >= 0.6 is 12.2 Å². The molecule has 0 unspecified atom stereocenters. The van der Waals surface area contributed by atoms with Crippen molar-refractivity contribution < 1.29 is 84.7 Å². The van der Waals surface area contributed by atoms with Crippen molar-refractivity contribution in [2.45, 2.75) is 202 Å². The van der Waals surface area contributed by atoms with E-state index in [0.717, 1.165) is 45.3 Å². The maximum Gasteiger partial charge on any atom is 0.311 e. The first kappa shape index (κ1) is 64.0. The molecule has 0 aliphatic carbocycles. The lowest BCUT2D eigenvalue weighted by atomic mass is 9.82. The van der Waals surface area contributed by atoms with Gasteiger partial charge in [0.15, 0.2) is 17.2 Å². The SMILES string of the molecule is C[C@@H]1[C@H](O)[C@@H](C)/C=C/C=C/CC/C=C/C=C/C=C/C=C/[C@H](O[C@H]2O[C@H](C)[C@@H](O)[C@H](NC(=S)NCCN3CCCC3)[C@@H]2O)C[C@@H]2O[C@](O)(C[C@@H](O)[C@H](O)CC[C@@H](O)C[C@@H](O)C[C@@H](O)CC(=O)O[C@H]1C)C[C@H](O)[C@H]2C(=O)O. The van der Waals surface area contributed by atoms with Crippen LogP contribution in [0.5, 0.6) is 0 Å². The molecule has 3 saturated heterocycles. The Hall–Kier alpha value is -3.49. The smallest absolute Gasteiger partial charge is 0.311 e. The molecule has 19 atom stereocenters. The van der Waals surface area contributed by atoms with E-state index in [1.165, 1.54) is 0 Å². The number of hydrogen-bond acceptors (Lipinski definition) is 18. The van der Waals surface area contributed by atoms with Gasteiger partial charge < -0.3 is 90.7 Å². The maximum absolute atomic E-state index is 12.7. The topological polar surface area (TPSA) is 321 Å². The van der Waals surface area contributed by atoms with Gasteiger partial charge in [0.05, 0.1) is 73.5 Å². The van der Waals surface area contributed by atoms with Gasteiger partial charge in [0.1, 0.15) is 24.2 Å². The Morgan fingerprint density at radius 1 is 0.747 bits per heavy atom. The molecule has 4 rings (SSSR count). The van der Waals surface area contributed by atoms with Crippen LogP contribution in [0.2, 0.25) is 0 Å². The van der Waals surface area contributed by atoms with Gasteiger partial charge in [-0.15, -0.1) is 0 Å². The second-order valence-electron chi connectivity index (χ2n) is 20.7. The molecule has 3 fully saturated rings. The molecule has 4 aliphatic heterocycles. The fourth-order valence-electron chi connectivity index (χ4n) is 9.79. The Morgan fingerprint density at radius 3 is 2.04 bits per heavy atom. The van der Waals surface area contributed by atoms with Crippen molar-refractivity contribution in [2.75, 3.05) is 26.2 Å². The number of ether oxygens (including phenoxy) is 4. The normalized spacial score (nSPS) is 42.0. The molecule has 2 bridgehead atoms. The first-order chi connectivity index (χ1) is 35.6. The number of cyclic esters (lactones) is 1. The summed E-state index contributed by atoms with van der Waals surface area (Å²) in [7, 11) is 0. The summed E-state index contributed by atoms with van der Waals surface area (Å²) < 4.78 is 23.8. The van der Waals surface area contributed by atoms with Gasteiger partial charge >= 0.3 is 11.9 Å². The van der Waals surface area contributed by atoms with Crippen LogP contribution < -0.4 is 10.6 Å². The molecule has 0 amide bonds. The number of allylic oxidation sites excluding steroid dienone is 10. The van der Waals surface area contributed by atoms with Gasteiger partial charge in [0.2, 0.25) is 0 Å². The maximum atomic E-state index is 12.7. The summed E-state index contributed by atoms with van der Waals surface area (Å²) in [5.41, 5.74) is 0. The van der Waals surface area contributed by atoms with E-state index in [1.54, 1.807) is 51.2 Å². The highest BCUT2D eigenvalue weighted by Gasteiger charge is 2.51. The van der Waals surface area contributed by atoms with Gasteiger partial charge in [-0.3, -0.25) is 9.59 Å². The number of thiocarbonyl (C=S) groups is 1. The second kappa shape index (κ2) is 32.4. The summed E-state index contributed by atoms with van der Waals surface area (Å²) in [4.78, 5) is 27.7. The number of carboxylic acid groups (broad SMARTS) is 1. The average Bonchev–Trinajstić information content (AvgIpc) is 3.85. The van der Waals surface area contributed by atoms with Crippen LogP contribution in [0.4, 0.5) is 0 Å². The van der Waals surface area contributed by atoms with Crippen molar-refractivity contribution in [3.05, 3.63) is 72.9 Å². The van der Waals surface area contributed by atoms with E-state index in [2.05, 4.69) is 15.5 Å². The van der Waals surface area contributed by atoms with Crippen LogP contribution in [0.25, 0.3) is 0 Å². The first-order valence-electron chi connectivity index (χ1n) is 26.6. The molecular formula is C54H87N3O17S. The van der Waals surface area contributed by atoms with Gasteiger partial charge in [-0.25, -0.2) is 0 Å². The number of esters is 1. The van der Waals surface area contributed by atoms with Crippen molar-refractivity contribution in [1.29, 1.82) is 0 Å². The van der Waals surface area contributed by atoms with E-state index in [9.17, 15) is 65.8 Å². The van der Waals surface area contributed by atoms with Gasteiger partial charge in [-0.2, -0.15) is 0 Å². The van der Waals surface area contributed by atoms with Crippen molar-refractivity contribution in [3.63, 3.8) is 0 Å². The van der Waals surface area contributed by atoms with E-state index < -0.39 is 141 Å². The van der Waals surface area contributed by atoms with Gasteiger partial charge in [-0.05, 0) is 90.5 Å². The minimum absolute atomic E-state index is 0.144. The van der Waals surface area contributed by atoms with Crippen LogP contribution in [0.1, 0.15) is 105 Å². The lowest BCUT2D eigenvalue weighted by Gasteiger charge is -2.45. The molecule has 0 saturated carbocycles. The highest BCUT2D eigenvalue weighted by Crippen LogP contribution is 2.38. The third-order valence-corrected chi connectivity index (χ3v) is 14.7. The number of carboxylic acids is 1. The Kier molecular flexibility index (Phi) is 27.7. The predicted molar refractivity (Wildman–Crippen MR) is 282 cm³/mol. The molecule has 75 heavy (non-hydrogen) atoms. The number of carbonyl (C=O) groups excluding carboxylic acids is 1. The zero-order valence-electron chi connectivity index (χ0n) is 43.9. The number of nitrogens with one attached hydrogen (secondary N) is 2. The van der Waals surface area contributed by atoms with E-state index in [-0.39, 0.29) is 43.1 Å². The number of aliphatic hydroxyl groups excluding tert-OH is 9. The molecule has 0 aromatic rings. The fraction of sp³-hybridized carbons (Fsp3) is 0.722. The number of rotatable bonds is 7. The van der Waals surface area contributed by atoms with Crippen LogP contribution in [0, 0.1) is 17.8 Å². The highest BCUT2D eigenvalue weighted by atomic mass is 32.1. The third kappa shape index (κ3) is 22.1. The molecule has 0 aromatic carbocycles. The Bertz CT molecular complexity index is 1920. The Labute approximate surface area is 447 Å². The molecule has 13 N–H and O–H groups in total. The molecule has 20 nitrogen and oxygen atoms in total. The summed E-state index contributed by atoms with van der Waals surface area (Å²) in [5.74, 6) is -6.88. The summed E-state index contributed by atoms with van der Waals surface area (Å²) in [5, 5.41) is 127. The molecule has 426 valence electrons. The van der Waals surface area contributed by atoms with Crippen LogP contribution in [-0.2, 0) is 28.5 Å². The minimum Gasteiger partial charge on any atom is -0.481 e. The van der Waals surface area contributed by atoms with Crippen LogP contribution in [0.15, 0.2) is 72.9 Å². The number of carbonyl (C=O) groups is 2. The van der Waals surface area contributed by atoms with Crippen LogP contribution in [-0.4, -0.2) is 202 Å². The van der Waals surface area contributed by atoms with E-state index in [0.29, 0.717) is 6.54 Å². The quantitative estimate of drug-likeness (QED) is 0.127. The standard InChI is InChI=1S/C54H87N3O17S/c1-33-19-15-13-11-9-7-5-6-8-10-12-14-16-20-40(73-52-50(67)47(49(66)36(4)72-52)56-53(75)55-23-26-57-24-17-18-25-57)30-44-46(51(68)69)43(63)32-54(70,74-44)31-42(62)41(61)22-21-37(58)27-38(59)28-39(60)29-45(64)71-35(3)34(2)48(33)65/h5-6,8,10-16,19-20,33-44,46-50,52,58-63,65-67,70H,7,9,17-18,21-32H2,1-4H3,(H,68,69)(H2,55,56,75)/b6-5+,10-8+,13-11+,14-12+,19-15+,20-16+/t33-,34-,35-,36+,37+,38+,39+,40-,41+,42+,43-,44-,46+,47-,48+,49+,50-,52+,54+/m0/s1. The number of aliphatic carboxylic acids is 1. The molecule has 21 heteroatoms. The summed E-state index contributed by atoms with van der Waals surface area (Å²) in [6.07, 6.45) is 4.37. The van der Waals surface area contributed by atoms with E-state index in [1.807, 2.05) is 49.5 Å². The van der Waals surface area contributed by atoms with Crippen LogP contribution in [0.3, 0.4) is 0 Å². The number of hydrogen-bond donors (Lipinski definition) is 13. The molecular weight excluding hydrogens is 995 g/mol. The first-order valence-corrected chi connectivity index (χ1v) is 27.0. The van der Waals surface area contributed by atoms with Gasteiger partial charge in [0, 0.05) is 44.2 Å². The molecule has 0 spiro atoms. The predicted octanol–water partition coefficient (Wildman–Crippen LogP) is 1.54. The fourth-order valence-corrected chi connectivity index (χ4v) is 10.0. The lowest BCUT2D eigenvalue weighted by molar-refractivity contribution is -0.310. The summed E-state index contributed by atoms with van der Waals surface area (Å²) in [6, 6.07) is -1.06. The zero-order chi connectivity index (χ0) is 55.2. The second-order valence-corrected chi connectivity index (χ2v) is 21.2. The Morgan fingerprint density at radius 2 is 1.36 bits per heavy atom. The van der Waals surface area contributed by atoms with Crippen molar-refractivity contribution in [2.24, 2.45) is 17.8 Å². The number of fused-ring (bicyclic) bond motifs is 2. The largest absolute Gasteiger partial charge is 0.481 e. The monoisotopic (exact) mass is 1080 g/mol. The molecule has 4 aliphatic rings. The van der Waals surface area contributed by atoms with Crippen molar-refractivity contribution in [1.82, 2.24) is 15.5 Å². The number of aliphatic hydroxyl groups is 10. The van der Waals surface area contributed by atoms with Crippen molar-refractivity contribution >= 4 is 29.3 Å². The lowest BCUT2D eigenvalue weighted by Crippen LogP contribution is -2.65. The van der Waals surface area contributed by atoms with Gasteiger partial charge in [0.25, 0.3) is 0 Å². The van der Waals surface area contributed by atoms with Crippen molar-refractivity contribution in [3.8, 4) is 0 Å². The molecule has 4 heterocycles. The zero-order valence-corrected chi connectivity index (χ0v) is 44.7. The van der Waals surface area contributed by atoms with Gasteiger partial charge in [-0.1, -0.05) is 86.8 Å².